The monoisotopic (exact) mass is 462 g/mol. The number of ether oxygens (including phenoxy) is 2. The van der Waals surface area contributed by atoms with Crippen molar-refractivity contribution in [3.05, 3.63) is 48.0 Å². The van der Waals surface area contributed by atoms with Crippen molar-refractivity contribution in [2.24, 2.45) is 0 Å². The fraction of sp³-hybridized carbons (Fsp3) is 0.478. The molecule has 9 heteroatoms. The predicted molar refractivity (Wildman–Crippen MR) is 127 cm³/mol. The minimum absolute atomic E-state index is 0.0603. The number of piperazine rings is 1. The molecule has 1 fully saturated rings. The van der Waals surface area contributed by atoms with E-state index in [1.54, 1.807) is 6.07 Å². The first kappa shape index (κ1) is 24.3. The Morgan fingerprint density at radius 2 is 1.59 bits per heavy atom. The van der Waals surface area contributed by atoms with Gasteiger partial charge in [0.15, 0.2) is 11.5 Å². The molecule has 3 rings (SSSR count). The third-order valence-corrected chi connectivity index (χ3v) is 7.33. The van der Waals surface area contributed by atoms with Crippen LogP contribution in [-0.2, 0) is 10.0 Å². The molecule has 0 aromatic heterocycles. The van der Waals surface area contributed by atoms with Crippen molar-refractivity contribution >= 4 is 15.7 Å². The Labute approximate surface area is 191 Å². The first-order valence-electron chi connectivity index (χ1n) is 10.7. The highest BCUT2D eigenvalue weighted by molar-refractivity contribution is 7.89. The van der Waals surface area contributed by atoms with Gasteiger partial charge in [-0.25, -0.2) is 13.1 Å². The van der Waals surface area contributed by atoms with E-state index in [0.717, 1.165) is 37.4 Å². The van der Waals surface area contributed by atoms with Crippen LogP contribution in [0, 0.1) is 0 Å². The number of anilines is 1. The summed E-state index contributed by atoms with van der Waals surface area (Å²) in [5, 5.41) is 0. The number of methoxy groups -OCH3 is 2. The van der Waals surface area contributed by atoms with Crippen LogP contribution >= 0.6 is 0 Å². The second kappa shape index (κ2) is 10.5. The highest BCUT2D eigenvalue weighted by atomic mass is 32.2. The maximum absolute atomic E-state index is 13.1. The quantitative estimate of drug-likeness (QED) is 0.611. The molecule has 176 valence electrons. The average molecular weight is 463 g/mol. The second-order valence-electron chi connectivity index (χ2n) is 8.21. The van der Waals surface area contributed by atoms with Crippen LogP contribution in [0.5, 0.6) is 11.5 Å². The fourth-order valence-corrected chi connectivity index (χ4v) is 4.89. The van der Waals surface area contributed by atoms with Crippen LogP contribution in [0.4, 0.5) is 5.69 Å². The van der Waals surface area contributed by atoms with Gasteiger partial charge in [-0.3, -0.25) is 4.90 Å². The summed E-state index contributed by atoms with van der Waals surface area (Å²) in [5.74, 6) is 0.869. The highest BCUT2D eigenvalue weighted by Crippen LogP contribution is 2.30. The van der Waals surface area contributed by atoms with Gasteiger partial charge >= 0.3 is 0 Å². The van der Waals surface area contributed by atoms with Gasteiger partial charge in [-0.1, -0.05) is 12.1 Å². The molecule has 1 atom stereocenters. The lowest BCUT2D eigenvalue weighted by molar-refractivity contribution is 0.113. The summed E-state index contributed by atoms with van der Waals surface area (Å²) < 4.78 is 39.5. The molecule has 0 saturated carbocycles. The van der Waals surface area contributed by atoms with Crippen LogP contribution in [0.1, 0.15) is 11.6 Å². The van der Waals surface area contributed by atoms with Gasteiger partial charge in [-0.05, 0) is 36.9 Å². The van der Waals surface area contributed by atoms with Crippen molar-refractivity contribution in [1.29, 1.82) is 0 Å². The molecule has 0 radical (unpaired) electrons. The Balaban J connectivity index is 1.82. The van der Waals surface area contributed by atoms with Gasteiger partial charge < -0.3 is 19.3 Å². The summed E-state index contributed by atoms with van der Waals surface area (Å²) in [5.41, 5.74) is 2.20. The van der Waals surface area contributed by atoms with E-state index >= 15 is 0 Å². The largest absolute Gasteiger partial charge is 0.493 e. The summed E-state index contributed by atoms with van der Waals surface area (Å²) >= 11 is 0. The highest BCUT2D eigenvalue weighted by Gasteiger charge is 2.26. The zero-order valence-electron chi connectivity index (χ0n) is 19.5. The van der Waals surface area contributed by atoms with Crippen LogP contribution in [0.2, 0.25) is 0 Å². The molecule has 1 aliphatic heterocycles. The van der Waals surface area contributed by atoms with Crippen LogP contribution in [0.3, 0.4) is 0 Å². The number of rotatable bonds is 9. The lowest BCUT2D eigenvalue weighted by Crippen LogP contribution is -2.48. The molecule has 1 aliphatic rings. The van der Waals surface area contributed by atoms with E-state index in [0.29, 0.717) is 11.5 Å². The summed E-state index contributed by atoms with van der Waals surface area (Å²) in [6.45, 7) is 3.95. The lowest BCUT2D eigenvalue weighted by atomic mass is 10.0. The van der Waals surface area contributed by atoms with Gasteiger partial charge in [0, 0.05) is 64.6 Å². The summed E-state index contributed by atoms with van der Waals surface area (Å²) in [6.07, 6.45) is 0. The van der Waals surface area contributed by atoms with Gasteiger partial charge in [-0.15, -0.1) is 0 Å². The lowest BCUT2D eigenvalue weighted by Gasteiger charge is -2.38. The number of nitrogens with zero attached hydrogens (tertiary/aromatic N) is 3. The molecule has 2 aromatic carbocycles. The Morgan fingerprint density at radius 3 is 2.16 bits per heavy atom. The van der Waals surface area contributed by atoms with Gasteiger partial charge in [0.1, 0.15) is 0 Å². The van der Waals surface area contributed by atoms with E-state index in [9.17, 15) is 8.42 Å². The summed E-state index contributed by atoms with van der Waals surface area (Å²) in [6, 6.07) is 12.9. The second-order valence-corrected chi connectivity index (χ2v) is 9.98. The van der Waals surface area contributed by atoms with Gasteiger partial charge in [0.2, 0.25) is 10.0 Å². The van der Waals surface area contributed by atoms with Crippen LogP contribution in [0.25, 0.3) is 0 Å². The molecule has 0 amide bonds. The van der Waals surface area contributed by atoms with Crippen LogP contribution in [0.15, 0.2) is 47.4 Å². The molecule has 0 bridgehead atoms. The van der Waals surface area contributed by atoms with E-state index in [4.69, 9.17) is 9.47 Å². The third kappa shape index (κ3) is 5.72. The standard InChI is InChI=1S/C23H34N4O4S/c1-25(2)19-8-6-18(7-9-19)21(27-14-12-26(3)13-15-27)17-24-32(28,29)20-10-11-22(30-4)23(16-20)31-5/h6-11,16,21,24H,12-15,17H2,1-5H3. The summed E-state index contributed by atoms with van der Waals surface area (Å²) in [7, 11) is 5.40. The minimum Gasteiger partial charge on any atom is -0.493 e. The molecular formula is C23H34N4O4S. The van der Waals surface area contributed by atoms with Gasteiger partial charge in [0.25, 0.3) is 0 Å². The van der Waals surface area contributed by atoms with Gasteiger partial charge in [0.05, 0.1) is 19.1 Å². The predicted octanol–water partition coefficient (Wildman–Crippen LogP) is 2.04. The summed E-state index contributed by atoms with van der Waals surface area (Å²) in [4.78, 5) is 6.84. The number of hydrogen-bond acceptors (Lipinski definition) is 7. The topological polar surface area (TPSA) is 74.4 Å². The molecule has 0 spiro atoms. The SMILES string of the molecule is COc1ccc(S(=O)(=O)NCC(c2ccc(N(C)C)cc2)N2CCN(C)CC2)cc1OC. The molecule has 1 saturated heterocycles. The van der Waals surface area contributed by atoms with E-state index in [1.807, 2.05) is 14.1 Å². The zero-order valence-corrected chi connectivity index (χ0v) is 20.4. The molecule has 1 unspecified atom stereocenters. The first-order valence-corrected chi connectivity index (χ1v) is 12.1. The van der Waals surface area contributed by atoms with Crippen molar-refractivity contribution < 1.29 is 17.9 Å². The van der Waals surface area contributed by atoms with E-state index in [-0.39, 0.29) is 17.5 Å². The zero-order chi connectivity index (χ0) is 23.3. The smallest absolute Gasteiger partial charge is 0.240 e. The molecule has 1 heterocycles. The van der Waals surface area contributed by atoms with E-state index in [1.165, 1.54) is 26.4 Å². The number of hydrogen-bond donors (Lipinski definition) is 1. The van der Waals surface area contributed by atoms with Crippen molar-refractivity contribution in [2.75, 3.05) is 73.0 Å². The average Bonchev–Trinajstić information content (AvgIpc) is 2.80. The normalized spacial score (nSPS) is 16.5. The molecule has 1 N–H and O–H groups in total. The van der Waals surface area contributed by atoms with Crippen LogP contribution in [-0.4, -0.2) is 86.3 Å². The Hall–Kier alpha value is -2.33. The maximum Gasteiger partial charge on any atom is 0.240 e. The Bertz CT molecular complexity index is 988. The van der Waals surface area contributed by atoms with E-state index in [2.05, 4.69) is 50.7 Å². The number of likely N-dealkylation sites (N-methyl/N-ethyl adjacent to an activating group) is 1. The fourth-order valence-electron chi connectivity index (χ4n) is 3.84. The minimum atomic E-state index is -3.72. The maximum atomic E-state index is 13.1. The number of benzene rings is 2. The molecule has 32 heavy (non-hydrogen) atoms. The number of sulfonamides is 1. The molecular weight excluding hydrogens is 428 g/mol. The molecule has 8 nitrogen and oxygen atoms in total. The molecule has 0 aliphatic carbocycles. The van der Waals surface area contributed by atoms with E-state index < -0.39 is 10.0 Å². The van der Waals surface area contributed by atoms with Crippen LogP contribution < -0.4 is 19.1 Å². The van der Waals surface area contributed by atoms with Crippen molar-refractivity contribution in [1.82, 2.24) is 14.5 Å². The Morgan fingerprint density at radius 1 is 0.969 bits per heavy atom. The number of nitrogens with one attached hydrogen (secondary N) is 1. The molecule has 2 aromatic rings. The van der Waals surface area contributed by atoms with Crippen molar-refractivity contribution in [3.63, 3.8) is 0 Å². The van der Waals surface area contributed by atoms with Gasteiger partial charge in [-0.2, -0.15) is 0 Å². The first-order chi connectivity index (χ1) is 15.2. The Kier molecular flexibility index (Phi) is 8.00. The third-order valence-electron chi connectivity index (χ3n) is 5.90. The van der Waals surface area contributed by atoms with Crippen molar-refractivity contribution in [3.8, 4) is 11.5 Å². The van der Waals surface area contributed by atoms with Crippen molar-refractivity contribution in [2.45, 2.75) is 10.9 Å².